The van der Waals surface area contributed by atoms with Gasteiger partial charge in [-0.15, -0.1) is 0 Å². The summed E-state index contributed by atoms with van der Waals surface area (Å²) in [5, 5.41) is 15.4. The lowest BCUT2D eigenvalue weighted by molar-refractivity contribution is -0.134. The Morgan fingerprint density at radius 1 is 1.57 bits per heavy atom. The molecule has 0 aliphatic carbocycles. The molecule has 0 saturated heterocycles. The summed E-state index contributed by atoms with van der Waals surface area (Å²) in [6, 6.07) is 1.60. The van der Waals surface area contributed by atoms with Crippen LogP contribution in [0.25, 0.3) is 11.0 Å². The normalized spacial score (nSPS) is 10.3. The summed E-state index contributed by atoms with van der Waals surface area (Å²) in [4.78, 5) is 14.2. The number of carbonyl (C=O) groups is 1. The summed E-state index contributed by atoms with van der Waals surface area (Å²) in [6.07, 6.45) is 3.11. The van der Waals surface area contributed by atoms with Crippen LogP contribution in [0.2, 0.25) is 0 Å². The maximum atomic E-state index is 10.3. The third-order valence-corrected chi connectivity index (χ3v) is 1.66. The summed E-state index contributed by atoms with van der Waals surface area (Å²) in [5.74, 6) is -0.485. The molecular weight excluding hydrogens is 186 g/mol. The van der Waals surface area contributed by atoms with Crippen molar-refractivity contribution in [1.82, 2.24) is 10.1 Å². The Bertz CT molecular complexity index is 466. The fourth-order valence-electron chi connectivity index (χ4n) is 1.03. The van der Waals surface area contributed by atoms with Crippen LogP contribution in [-0.2, 0) is 4.79 Å². The van der Waals surface area contributed by atoms with Crippen LogP contribution >= 0.6 is 0 Å². The van der Waals surface area contributed by atoms with E-state index in [-0.39, 0.29) is 6.54 Å². The first-order valence-electron chi connectivity index (χ1n) is 3.92. The van der Waals surface area contributed by atoms with E-state index >= 15 is 0 Å². The smallest absolute Gasteiger partial charge is 0.322 e. The molecule has 0 unspecified atom stereocenters. The molecule has 6 nitrogen and oxygen atoms in total. The van der Waals surface area contributed by atoms with Crippen LogP contribution in [0.4, 0.5) is 5.82 Å². The van der Waals surface area contributed by atoms with Crippen LogP contribution in [0.15, 0.2) is 23.0 Å². The molecule has 0 aliphatic rings. The highest BCUT2D eigenvalue weighted by Gasteiger charge is 2.02. The number of nitrogens with zero attached hydrogens (tertiary/aromatic N) is 2. The molecule has 0 fully saturated rings. The lowest BCUT2D eigenvalue weighted by atomic mass is 10.3. The van der Waals surface area contributed by atoms with Gasteiger partial charge in [-0.1, -0.05) is 5.16 Å². The minimum Gasteiger partial charge on any atom is -0.480 e. The van der Waals surface area contributed by atoms with Gasteiger partial charge in [0.1, 0.15) is 12.4 Å². The van der Waals surface area contributed by atoms with Crippen LogP contribution in [0.1, 0.15) is 0 Å². The van der Waals surface area contributed by atoms with Gasteiger partial charge in [0.2, 0.25) is 0 Å². The predicted molar refractivity (Wildman–Crippen MR) is 47.9 cm³/mol. The number of carboxylic acid groups (broad SMARTS) is 1. The van der Waals surface area contributed by atoms with E-state index in [9.17, 15) is 4.79 Å². The number of carboxylic acids is 1. The van der Waals surface area contributed by atoms with Crippen LogP contribution in [0.5, 0.6) is 0 Å². The standard InChI is InChI=1S/C8H7N3O3/c12-8(13)4-10-7-1-6-5(2-9-7)3-11-14-6/h1-3H,4H2,(H,9,10)(H,12,13). The fourth-order valence-corrected chi connectivity index (χ4v) is 1.03. The monoisotopic (exact) mass is 193 g/mol. The third-order valence-electron chi connectivity index (χ3n) is 1.66. The molecule has 2 N–H and O–H groups in total. The van der Waals surface area contributed by atoms with Gasteiger partial charge in [-0.3, -0.25) is 4.79 Å². The largest absolute Gasteiger partial charge is 0.480 e. The summed E-state index contributed by atoms with van der Waals surface area (Å²) >= 11 is 0. The average molecular weight is 193 g/mol. The van der Waals surface area contributed by atoms with Crippen molar-refractivity contribution in [2.75, 3.05) is 11.9 Å². The molecule has 0 spiro atoms. The zero-order valence-corrected chi connectivity index (χ0v) is 7.10. The SMILES string of the molecule is O=C(O)CNc1cc2oncc2cn1. The Labute approximate surface area is 78.5 Å². The first-order valence-corrected chi connectivity index (χ1v) is 3.92. The Morgan fingerprint density at radius 2 is 2.43 bits per heavy atom. The van der Waals surface area contributed by atoms with Crippen molar-refractivity contribution >= 4 is 22.8 Å². The van der Waals surface area contributed by atoms with E-state index in [2.05, 4.69) is 15.5 Å². The summed E-state index contributed by atoms with van der Waals surface area (Å²) in [6.45, 7) is -0.174. The van der Waals surface area contributed by atoms with E-state index in [1.54, 1.807) is 18.5 Å². The van der Waals surface area contributed by atoms with Crippen molar-refractivity contribution in [3.05, 3.63) is 18.5 Å². The number of hydrogen-bond acceptors (Lipinski definition) is 5. The van der Waals surface area contributed by atoms with Gasteiger partial charge in [-0.25, -0.2) is 4.98 Å². The molecule has 2 rings (SSSR count). The second kappa shape index (κ2) is 3.33. The maximum absolute atomic E-state index is 10.3. The lowest BCUT2D eigenvalue weighted by Gasteiger charge is -2.00. The molecule has 6 heteroatoms. The third kappa shape index (κ3) is 1.63. The van der Waals surface area contributed by atoms with Crippen molar-refractivity contribution in [3.63, 3.8) is 0 Å². The highest BCUT2D eigenvalue weighted by Crippen LogP contribution is 2.15. The maximum Gasteiger partial charge on any atom is 0.322 e. The number of aliphatic carboxylic acids is 1. The molecule has 2 aromatic heterocycles. The van der Waals surface area contributed by atoms with Gasteiger partial charge in [-0.05, 0) is 0 Å². The van der Waals surface area contributed by atoms with Crippen molar-refractivity contribution in [2.24, 2.45) is 0 Å². The Kier molecular flexibility index (Phi) is 2.02. The number of aromatic nitrogens is 2. The topological polar surface area (TPSA) is 88.2 Å². The molecule has 2 aromatic rings. The molecule has 0 bridgehead atoms. The zero-order chi connectivity index (χ0) is 9.97. The number of rotatable bonds is 3. The highest BCUT2D eigenvalue weighted by atomic mass is 16.5. The van der Waals surface area contributed by atoms with Gasteiger partial charge in [0.25, 0.3) is 0 Å². The molecule has 72 valence electrons. The van der Waals surface area contributed by atoms with Gasteiger partial charge in [-0.2, -0.15) is 0 Å². The first kappa shape index (κ1) is 8.49. The molecule has 14 heavy (non-hydrogen) atoms. The summed E-state index contributed by atoms with van der Waals surface area (Å²) < 4.78 is 4.89. The van der Waals surface area contributed by atoms with E-state index < -0.39 is 5.97 Å². The molecule has 0 aromatic carbocycles. The molecule has 0 radical (unpaired) electrons. The van der Waals surface area contributed by atoms with E-state index in [4.69, 9.17) is 9.63 Å². The van der Waals surface area contributed by atoms with Gasteiger partial charge in [0.05, 0.1) is 11.6 Å². The second-order valence-electron chi connectivity index (χ2n) is 2.68. The van der Waals surface area contributed by atoms with E-state index in [1.807, 2.05) is 0 Å². The van der Waals surface area contributed by atoms with Gasteiger partial charge in [0.15, 0.2) is 5.58 Å². The number of pyridine rings is 1. The van der Waals surface area contributed by atoms with Crippen molar-refractivity contribution < 1.29 is 14.4 Å². The van der Waals surface area contributed by atoms with E-state index in [0.717, 1.165) is 5.39 Å². The minimum absolute atomic E-state index is 0.174. The molecular formula is C8H7N3O3. The fraction of sp³-hybridized carbons (Fsp3) is 0.125. The highest BCUT2D eigenvalue weighted by molar-refractivity contribution is 5.78. The average Bonchev–Trinajstić information content (AvgIpc) is 2.61. The van der Waals surface area contributed by atoms with Crippen LogP contribution < -0.4 is 5.32 Å². The Morgan fingerprint density at radius 3 is 3.21 bits per heavy atom. The number of nitrogens with one attached hydrogen (secondary N) is 1. The van der Waals surface area contributed by atoms with Crippen LogP contribution in [-0.4, -0.2) is 27.8 Å². The molecule has 0 saturated carbocycles. The second-order valence-corrected chi connectivity index (χ2v) is 2.68. The first-order chi connectivity index (χ1) is 6.75. The zero-order valence-electron chi connectivity index (χ0n) is 7.10. The van der Waals surface area contributed by atoms with Gasteiger partial charge >= 0.3 is 5.97 Å². The number of anilines is 1. The quantitative estimate of drug-likeness (QED) is 0.746. The molecule has 2 heterocycles. The van der Waals surface area contributed by atoms with Crippen molar-refractivity contribution in [1.29, 1.82) is 0 Å². The van der Waals surface area contributed by atoms with Gasteiger partial charge < -0.3 is 14.9 Å². The molecule has 0 amide bonds. The van der Waals surface area contributed by atoms with Crippen molar-refractivity contribution in [2.45, 2.75) is 0 Å². The Hall–Kier alpha value is -2.11. The van der Waals surface area contributed by atoms with E-state index in [0.29, 0.717) is 11.4 Å². The van der Waals surface area contributed by atoms with Crippen LogP contribution in [0, 0.1) is 0 Å². The Balaban J connectivity index is 2.21. The summed E-state index contributed by atoms with van der Waals surface area (Å²) in [5.41, 5.74) is 0.577. The predicted octanol–water partition coefficient (Wildman–Crippen LogP) is 0.719. The van der Waals surface area contributed by atoms with Crippen LogP contribution in [0.3, 0.4) is 0 Å². The van der Waals surface area contributed by atoms with Gasteiger partial charge in [0, 0.05) is 12.3 Å². The molecule has 0 atom stereocenters. The van der Waals surface area contributed by atoms with Crippen molar-refractivity contribution in [3.8, 4) is 0 Å². The number of fused-ring (bicyclic) bond motifs is 1. The molecule has 0 aliphatic heterocycles. The minimum atomic E-state index is -0.940. The lowest BCUT2D eigenvalue weighted by Crippen LogP contribution is -2.12. The van der Waals surface area contributed by atoms with E-state index in [1.165, 1.54) is 0 Å². The number of hydrogen-bond donors (Lipinski definition) is 2. The summed E-state index contributed by atoms with van der Waals surface area (Å²) in [7, 11) is 0.